The summed E-state index contributed by atoms with van der Waals surface area (Å²) < 4.78 is 0. The van der Waals surface area contributed by atoms with E-state index in [1.165, 1.54) is 6.92 Å². The molecular formula is C14H18N2O2. The average molecular weight is 246 g/mol. The SMILES string of the molecule is CC(=O)c1ccccc1C(=O)N1CCC(CN)C1. The summed E-state index contributed by atoms with van der Waals surface area (Å²) in [5.74, 6) is 0.253. The van der Waals surface area contributed by atoms with E-state index in [2.05, 4.69) is 0 Å². The Hall–Kier alpha value is -1.68. The number of benzene rings is 1. The Kier molecular flexibility index (Phi) is 3.77. The maximum Gasteiger partial charge on any atom is 0.254 e. The lowest BCUT2D eigenvalue weighted by Gasteiger charge is -2.17. The Labute approximate surface area is 107 Å². The first-order valence-corrected chi connectivity index (χ1v) is 6.22. The van der Waals surface area contributed by atoms with Crippen molar-refractivity contribution in [3.05, 3.63) is 35.4 Å². The predicted octanol–water partition coefficient (Wildman–Crippen LogP) is 1.31. The maximum atomic E-state index is 12.4. The van der Waals surface area contributed by atoms with Crippen LogP contribution in [0.15, 0.2) is 24.3 Å². The Morgan fingerprint density at radius 1 is 1.33 bits per heavy atom. The summed E-state index contributed by atoms with van der Waals surface area (Å²) in [6.45, 7) is 3.52. The lowest BCUT2D eigenvalue weighted by Crippen LogP contribution is -2.30. The van der Waals surface area contributed by atoms with Gasteiger partial charge in [0.25, 0.3) is 5.91 Å². The minimum absolute atomic E-state index is 0.0586. The van der Waals surface area contributed by atoms with Crippen LogP contribution in [0, 0.1) is 5.92 Å². The molecule has 0 saturated carbocycles. The van der Waals surface area contributed by atoms with E-state index in [1.54, 1.807) is 29.2 Å². The highest BCUT2D eigenvalue weighted by Crippen LogP contribution is 2.19. The number of nitrogens with two attached hydrogens (primary N) is 1. The van der Waals surface area contributed by atoms with Gasteiger partial charge in [0.1, 0.15) is 0 Å². The Balaban J connectivity index is 2.22. The molecule has 1 aromatic rings. The van der Waals surface area contributed by atoms with Gasteiger partial charge < -0.3 is 10.6 Å². The third-order valence-electron chi connectivity index (χ3n) is 3.44. The van der Waals surface area contributed by atoms with Crippen molar-refractivity contribution in [2.45, 2.75) is 13.3 Å². The van der Waals surface area contributed by atoms with Crippen LogP contribution >= 0.6 is 0 Å². The van der Waals surface area contributed by atoms with Crippen molar-refractivity contribution in [2.24, 2.45) is 11.7 Å². The number of rotatable bonds is 3. The molecule has 4 heteroatoms. The van der Waals surface area contributed by atoms with Gasteiger partial charge in [0.2, 0.25) is 0 Å². The molecule has 1 saturated heterocycles. The molecule has 1 atom stereocenters. The molecule has 1 fully saturated rings. The number of amides is 1. The van der Waals surface area contributed by atoms with E-state index in [4.69, 9.17) is 5.73 Å². The van der Waals surface area contributed by atoms with Crippen molar-refractivity contribution in [2.75, 3.05) is 19.6 Å². The number of nitrogens with zero attached hydrogens (tertiary/aromatic N) is 1. The summed E-state index contributed by atoms with van der Waals surface area (Å²) in [4.78, 5) is 25.7. The van der Waals surface area contributed by atoms with Crippen LogP contribution in [0.4, 0.5) is 0 Å². The van der Waals surface area contributed by atoms with Crippen LogP contribution < -0.4 is 5.73 Å². The van der Waals surface area contributed by atoms with E-state index in [1.807, 2.05) is 0 Å². The van der Waals surface area contributed by atoms with Gasteiger partial charge in [0.05, 0.1) is 5.56 Å². The molecule has 1 heterocycles. The molecule has 0 aromatic heterocycles. The van der Waals surface area contributed by atoms with Crippen LogP contribution in [0.25, 0.3) is 0 Å². The van der Waals surface area contributed by atoms with E-state index in [0.717, 1.165) is 13.0 Å². The van der Waals surface area contributed by atoms with Gasteiger partial charge in [-0.15, -0.1) is 0 Å². The van der Waals surface area contributed by atoms with Gasteiger partial charge >= 0.3 is 0 Å². The van der Waals surface area contributed by atoms with Crippen LogP contribution in [0.2, 0.25) is 0 Å². The second kappa shape index (κ2) is 5.31. The first kappa shape index (κ1) is 12.8. The molecule has 0 radical (unpaired) electrons. The molecule has 1 aliphatic rings. The normalized spacial score (nSPS) is 19.0. The number of hydrogen-bond acceptors (Lipinski definition) is 3. The number of Topliss-reactive ketones (excluding diaryl/α,β-unsaturated/α-hetero) is 1. The van der Waals surface area contributed by atoms with Crippen LogP contribution in [-0.2, 0) is 0 Å². The van der Waals surface area contributed by atoms with Crippen LogP contribution in [0.5, 0.6) is 0 Å². The maximum absolute atomic E-state index is 12.4. The molecule has 2 rings (SSSR count). The molecule has 96 valence electrons. The molecule has 1 aromatic carbocycles. The standard InChI is InChI=1S/C14H18N2O2/c1-10(17)12-4-2-3-5-13(12)14(18)16-7-6-11(8-15)9-16/h2-5,11H,6-9,15H2,1H3. The van der Waals surface area contributed by atoms with Crippen LogP contribution in [0.3, 0.4) is 0 Å². The van der Waals surface area contributed by atoms with Crippen molar-refractivity contribution in [3.63, 3.8) is 0 Å². The van der Waals surface area contributed by atoms with Gasteiger partial charge in [0.15, 0.2) is 5.78 Å². The smallest absolute Gasteiger partial charge is 0.254 e. The third-order valence-corrected chi connectivity index (χ3v) is 3.44. The molecule has 1 unspecified atom stereocenters. The number of likely N-dealkylation sites (tertiary alicyclic amines) is 1. The zero-order valence-electron chi connectivity index (χ0n) is 10.6. The lowest BCUT2D eigenvalue weighted by molar-refractivity contribution is 0.0782. The average Bonchev–Trinajstić information content (AvgIpc) is 2.86. The highest BCUT2D eigenvalue weighted by molar-refractivity contribution is 6.07. The Morgan fingerprint density at radius 3 is 2.56 bits per heavy atom. The monoisotopic (exact) mass is 246 g/mol. The molecule has 1 amide bonds. The highest BCUT2D eigenvalue weighted by Gasteiger charge is 2.27. The summed E-state index contributed by atoms with van der Waals surface area (Å²) in [5.41, 5.74) is 6.62. The van der Waals surface area contributed by atoms with Gasteiger partial charge in [-0.05, 0) is 31.9 Å². The van der Waals surface area contributed by atoms with Crippen molar-refractivity contribution in [3.8, 4) is 0 Å². The van der Waals surface area contributed by atoms with E-state index < -0.39 is 0 Å². The van der Waals surface area contributed by atoms with Crippen molar-refractivity contribution >= 4 is 11.7 Å². The fourth-order valence-electron chi connectivity index (χ4n) is 2.36. The van der Waals surface area contributed by atoms with Gasteiger partial charge in [-0.3, -0.25) is 9.59 Å². The van der Waals surface area contributed by atoms with Gasteiger partial charge in [-0.1, -0.05) is 18.2 Å². The molecule has 18 heavy (non-hydrogen) atoms. The first-order valence-electron chi connectivity index (χ1n) is 6.22. The number of ketones is 1. The van der Waals surface area contributed by atoms with E-state index >= 15 is 0 Å². The van der Waals surface area contributed by atoms with Crippen LogP contribution in [0.1, 0.15) is 34.1 Å². The van der Waals surface area contributed by atoms with Crippen molar-refractivity contribution in [1.82, 2.24) is 4.90 Å². The number of hydrogen-bond donors (Lipinski definition) is 1. The third kappa shape index (κ3) is 2.43. The van der Waals surface area contributed by atoms with Crippen LogP contribution in [-0.4, -0.2) is 36.2 Å². The summed E-state index contributed by atoms with van der Waals surface area (Å²) in [7, 11) is 0. The van der Waals surface area contributed by atoms with Gasteiger partial charge in [0, 0.05) is 18.7 Å². The van der Waals surface area contributed by atoms with E-state index in [9.17, 15) is 9.59 Å². The lowest BCUT2D eigenvalue weighted by atomic mass is 10.0. The summed E-state index contributed by atoms with van der Waals surface area (Å²) >= 11 is 0. The molecule has 0 spiro atoms. The van der Waals surface area contributed by atoms with Crippen molar-refractivity contribution in [1.29, 1.82) is 0 Å². The van der Waals surface area contributed by atoms with E-state index in [-0.39, 0.29) is 11.7 Å². The molecule has 2 N–H and O–H groups in total. The second-order valence-electron chi connectivity index (χ2n) is 4.74. The quantitative estimate of drug-likeness (QED) is 0.818. The van der Waals surface area contributed by atoms with Gasteiger partial charge in [-0.2, -0.15) is 0 Å². The molecule has 0 bridgehead atoms. The van der Waals surface area contributed by atoms with E-state index in [0.29, 0.717) is 30.1 Å². The largest absolute Gasteiger partial charge is 0.338 e. The number of carbonyl (C=O) groups is 2. The minimum atomic E-state index is -0.0754. The summed E-state index contributed by atoms with van der Waals surface area (Å²) in [5, 5.41) is 0. The van der Waals surface area contributed by atoms with Crippen molar-refractivity contribution < 1.29 is 9.59 Å². The first-order chi connectivity index (χ1) is 8.63. The molecule has 4 nitrogen and oxygen atoms in total. The predicted molar refractivity (Wildman–Crippen MR) is 69.5 cm³/mol. The van der Waals surface area contributed by atoms with Gasteiger partial charge in [-0.25, -0.2) is 0 Å². The Morgan fingerprint density at radius 2 is 2.00 bits per heavy atom. The molecule has 1 aliphatic heterocycles. The molecular weight excluding hydrogens is 228 g/mol. The zero-order chi connectivity index (χ0) is 13.1. The highest BCUT2D eigenvalue weighted by atomic mass is 16.2. The molecule has 0 aliphatic carbocycles. The summed E-state index contributed by atoms with van der Waals surface area (Å²) in [6, 6.07) is 6.98. The summed E-state index contributed by atoms with van der Waals surface area (Å²) in [6.07, 6.45) is 0.949. The number of carbonyl (C=O) groups excluding carboxylic acids is 2. The second-order valence-corrected chi connectivity index (χ2v) is 4.74. The fraction of sp³-hybridized carbons (Fsp3) is 0.429. The zero-order valence-corrected chi connectivity index (χ0v) is 10.6. The fourth-order valence-corrected chi connectivity index (χ4v) is 2.36. The Bertz CT molecular complexity index is 471. The minimum Gasteiger partial charge on any atom is -0.338 e. The topological polar surface area (TPSA) is 63.4 Å².